The predicted octanol–water partition coefficient (Wildman–Crippen LogP) is 3.10. The third kappa shape index (κ3) is 3.31. The first kappa shape index (κ1) is 11.6. The first-order valence-corrected chi connectivity index (χ1v) is 6.27. The van der Waals surface area contributed by atoms with E-state index in [2.05, 4.69) is 5.32 Å². The lowest BCUT2D eigenvalue weighted by molar-refractivity contribution is 0.243. The van der Waals surface area contributed by atoms with Gasteiger partial charge in [0.1, 0.15) is 6.17 Å². The molecule has 0 aromatic heterocycles. The normalized spacial score (nSPS) is 23.7. The fourth-order valence-corrected chi connectivity index (χ4v) is 2.35. The molecule has 1 aliphatic heterocycles. The lowest BCUT2D eigenvalue weighted by atomic mass is 10.00. The van der Waals surface area contributed by atoms with E-state index < -0.39 is 6.17 Å². The zero-order chi connectivity index (χ0) is 11.2. The van der Waals surface area contributed by atoms with Crippen molar-refractivity contribution >= 4 is 0 Å². The van der Waals surface area contributed by atoms with Gasteiger partial charge in [0.05, 0.1) is 0 Å². The number of hydrogen-bond acceptors (Lipinski definition) is 1. The van der Waals surface area contributed by atoms with Crippen LogP contribution in [0.2, 0.25) is 0 Å². The smallest absolute Gasteiger partial charge is 0.119 e. The minimum Gasteiger partial charge on any atom is -0.311 e. The van der Waals surface area contributed by atoms with Crippen LogP contribution in [-0.2, 0) is 6.42 Å². The van der Waals surface area contributed by atoms with Crippen molar-refractivity contribution in [2.24, 2.45) is 0 Å². The Morgan fingerprint density at radius 3 is 2.81 bits per heavy atom. The molecule has 2 rings (SSSR count). The highest BCUT2D eigenvalue weighted by atomic mass is 19.1. The molecule has 1 aromatic carbocycles. The number of halogens is 1. The number of nitrogens with one attached hydrogen (secondary N) is 1. The molecular formula is C14H20FN. The van der Waals surface area contributed by atoms with Gasteiger partial charge in [-0.2, -0.15) is 0 Å². The van der Waals surface area contributed by atoms with Gasteiger partial charge in [-0.05, 0) is 24.9 Å². The predicted molar refractivity (Wildman–Crippen MR) is 65.3 cm³/mol. The first-order chi connectivity index (χ1) is 7.86. The van der Waals surface area contributed by atoms with Crippen LogP contribution in [0.25, 0.3) is 0 Å². The Balaban J connectivity index is 1.89. The fraction of sp³-hybridized carbons (Fsp3) is 0.571. The van der Waals surface area contributed by atoms with Crippen LogP contribution in [0, 0.1) is 0 Å². The Kier molecular flexibility index (Phi) is 4.34. The molecule has 0 radical (unpaired) electrons. The van der Waals surface area contributed by atoms with Crippen LogP contribution >= 0.6 is 0 Å². The second-order valence-electron chi connectivity index (χ2n) is 4.62. The van der Waals surface area contributed by atoms with Gasteiger partial charge in [0.25, 0.3) is 0 Å². The highest BCUT2D eigenvalue weighted by Gasteiger charge is 2.21. The summed E-state index contributed by atoms with van der Waals surface area (Å²) >= 11 is 0. The summed E-state index contributed by atoms with van der Waals surface area (Å²) in [6, 6.07) is 9.99. The molecule has 2 atom stereocenters. The topological polar surface area (TPSA) is 12.0 Å². The summed E-state index contributed by atoms with van der Waals surface area (Å²) in [6.45, 7) is 0.972. The molecule has 2 heteroatoms. The van der Waals surface area contributed by atoms with Gasteiger partial charge < -0.3 is 5.32 Å². The van der Waals surface area contributed by atoms with E-state index in [0.29, 0.717) is 6.42 Å². The van der Waals surface area contributed by atoms with Gasteiger partial charge in [-0.25, -0.2) is 4.39 Å². The number of hydrogen-bond donors (Lipinski definition) is 1. The first-order valence-electron chi connectivity index (χ1n) is 6.27. The quantitative estimate of drug-likeness (QED) is 0.827. The maximum Gasteiger partial charge on any atom is 0.119 e. The van der Waals surface area contributed by atoms with Gasteiger partial charge in [0, 0.05) is 12.5 Å². The SMILES string of the molecule is FC(Cc1ccccc1)C1CCCCCN1. The van der Waals surface area contributed by atoms with Crippen molar-refractivity contribution in [2.45, 2.75) is 44.3 Å². The number of rotatable bonds is 3. The molecule has 0 spiro atoms. The summed E-state index contributed by atoms with van der Waals surface area (Å²) in [5.74, 6) is 0. The molecule has 0 saturated carbocycles. The van der Waals surface area contributed by atoms with Crippen molar-refractivity contribution in [3.63, 3.8) is 0 Å². The second kappa shape index (κ2) is 6.00. The zero-order valence-corrected chi connectivity index (χ0v) is 9.66. The van der Waals surface area contributed by atoms with Crippen molar-refractivity contribution in [3.05, 3.63) is 35.9 Å². The molecule has 0 aliphatic carbocycles. The van der Waals surface area contributed by atoms with E-state index in [9.17, 15) is 4.39 Å². The van der Waals surface area contributed by atoms with Gasteiger partial charge in [-0.1, -0.05) is 43.2 Å². The van der Waals surface area contributed by atoms with E-state index in [-0.39, 0.29) is 6.04 Å². The molecule has 0 amide bonds. The molecule has 1 aromatic rings. The van der Waals surface area contributed by atoms with Crippen LogP contribution in [0.15, 0.2) is 30.3 Å². The van der Waals surface area contributed by atoms with Crippen LogP contribution in [-0.4, -0.2) is 18.8 Å². The van der Waals surface area contributed by atoms with E-state index in [1.807, 2.05) is 30.3 Å². The van der Waals surface area contributed by atoms with Crippen LogP contribution in [0.5, 0.6) is 0 Å². The summed E-state index contributed by atoms with van der Waals surface area (Å²) < 4.78 is 14.1. The maximum atomic E-state index is 14.1. The van der Waals surface area contributed by atoms with Gasteiger partial charge in [-0.15, -0.1) is 0 Å². The van der Waals surface area contributed by atoms with Crippen LogP contribution in [0.4, 0.5) is 4.39 Å². The molecule has 1 saturated heterocycles. The Morgan fingerprint density at radius 1 is 1.19 bits per heavy atom. The van der Waals surface area contributed by atoms with E-state index in [4.69, 9.17) is 0 Å². The Labute approximate surface area is 97.1 Å². The lowest BCUT2D eigenvalue weighted by Crippen LogP contribution is -2.38. The molecule has 1 fully saturated rings. The third-order valence-corrected chi connectivity index (χ3v) is 3.31. The van der Waals surface area contributed by atoms with Crippen molar-refractivity contribution in [2.75, 3.05) is 6.54 Å². The largest absolute Gasteiger partial charge is 0.311 e. The number of benzene rings is 1. The van der Waals surface area contributed by atoms with Gasteiger partial charge in [0.15, 0.2) is 0 Å². The molecule has 1 N–H and O–H groups in total. The summed E-state index contributed by atoms with van der Waals surface area (Å²) in [7, 11) is 0. The molecular weight excluding hydrogens is 201 g/mol. The lowest BCUT2D eigenvalue weighted by Gasteiger charge is -2.20. The van der Waals surface area contributed by atoms with Crippen molar-refractivity contribution in [1.29, 1.82) is 0 Å². The van der Waals surface area contributed by atoms with Crippen molar-refractivity contribution < 1.29 is 4.39 Å². The Morgan fingerprint density at radius 2 is 2.00 bits per heavy atom. The highest BCUT2D eigenvalue weighted by Crippen LogP contribution is 2.16. The fourth-order valence-electron chi connectivity index (χ4n) is 2.35. The minimum atomic E-state index is -0.750. The highest BCUT2D eigenvalue weighted by molar-refractivity contribution is 5.16. The van der Waals surface area contributed by atoms with E-state index in [0.717, 1.165) is 24.9 Å². The summed E-state index contributed by atoms with van der Waals surface area (Å²) in [5.41, 5.74) is 1.10. The van der Waals surface area contributed by atoms with Crippen molar-refractivity contribution in [1.82, 2.24) is 5.32 Å². The van der Waals surface area contributed by atoms with Crippen molar-refractivity contribution in [3.8, 4) is 0 Å². The van der Waals surface area contributed by atoms with Gasteiger partial charge >= 0.3 is 0 Å². The third-order valence-electron chi connectivity index (χ3n) is 3.31. The Bertz CT molecular complexity index is 291. The average Bonchev–Trinajstić information content (AvgIpc) is 2.59. The van der Waals surface area contributed by atoms with Crippen LogP contribution in [0.1, 0.15) is 31.2 Å². The second-order valence-corrected chi connectivity index (χ2v) is 4.62. The monoisotopic (exact) mass is 221 g/mol. The average molecular weight is 221 g/mol. The number of alkyl halides is 1. The standard InChI is InChI=1S/C14H20FN/c15-13(11-12-7-3-1-4-8-12)14-9-5-2-6-10-16-14/h1,3-4,7-8,13-14,16H,2,5-6,9-11H2. The van der Waals surface area contributed by atoms with Crippen LogP contribution < -0.4 is 5.32 Å². The van der Waals surface area contributed by atoms with E-state index in [1.165, 1.54) is 12.8 Å². The molecule has 2 unspecified atom stereocenters. The van der Waals surface area contributed by atoms with E-state index >= 15 is 0 Å². The Hall–Kier alpha value is -0.890. The molecule has 88 valence electrons. The van der Waals surface area contributed by atoms with E-state index in [1.54, 1.807) is 0 Å². The van der Waals surface area contributed by atoms with Gasteiger partial charge in [0.2, 0.25) is 0 Å². The molecule has 0 bridgehead atoms. The molecule has 16 heavy (non-hydrogen) atoms. The zero-order valence-electron chi connectivity index (χ0n) is 9.66. The van der Waals surface area contributed by atoms with Gasteiger partial charge in [-0.3, -0.25) is 0 Å². The molecule has 1 heterocycles. The maximum absolute atomic E-state index is 14.1. The minimum absolute atomic E-state index is 0.0581. The molecule has 1 nitrogen and oxygen atoms in total. The molecule has 1 aliphatic rings. The summed E-state index contributed by atoms with van der Waals surface area (Å²) in [4.78, 5) is 0. The van der Waals surface area contributed by atoms with Crippen LogP contribution in [0.3, 0.4) is 0 Å². The summed E-state index contributed by atoms with van der Waals surface area (Å²) in [5, 5.41) is 3.33. The summed E-state index contributed by atoms with van der Waals surface area (Å²) in [6.07, 6.45) is 4.36.